The van der Waals surface area contributed by atoms with Gasteiger partial charge in [0.2, 0.25) is 0 Å². The first-order valence-corrected chi connectivity index (χ1v) is 4.19. The molecule has 1 heterocycles. The quantitative estimate of drug-likeness (QED) is 0.624. The van der Waals surface area contributed by atoms with E-state index >= 15 is 0 Å². The first-order valence-electron chi connectivity index (χ1n) is 4.19. The van der Waals surface area contributed by atoms with Gasteiger partial charge in [0.1, 0.15) is 11.6 Å². The second kappa shape index (κ2) is 3.17. The molecule has 5 heteroatoms. The van der Waals surface area contributed by atoms with Crippen molar-refractivity contribution in [2.45, 2.75) is 6.04 Å². The Bertz CT molecular complexity index is 381. The number of urea groups is 1. The summed E-state index contributed by atoms with van der Waals surface area (Å²) < 4.78 is 13.3. The smallest absolute Gasteiger partial charge is 0.315 e. The third-order valence-electron chi connectivity index (χ3n) is 2.13. The van der Waals surface area contributed by atoms with Gasteiger partial charge in [-0.1, -0.05) is 6.07 Å². The largest absolute Gasteiger partial charge is 0.508 e. The van der Waals surface area contributed by atoms with E-state index in [0.29, 0.717) is 12.1 Å². The van der Waals surface area contributed by atoms with Crippen LogP contribution in [-0.4, -0.2) is 17.7 Å². The van der Waals surface area contributed by atoms with Gasteiger partial charge in [-0.3, -0.25) is 0 Å². The number of rotatable bonds is 1. The van der Waals surface area contributed by atoms with Crippen molar-refractivity contribution in [3.8, 4) is 5.75 Å². The summed E-state index contributed by atoms with van der Waals surface area (Å²) >= 11 is 0. The summed E-state index contributed by atoms with van der Waals surface area (Å²) in [6.45, 7) is 0.362. The van der Waals surface area contributed by atoms with Gasteiger partial charge in [-0.2, -0.15) is 0 Å². The molecule has 0 unspecified atom stereocenters. The maximum absolute atomic E-state index is 13.3. The van der Waals surface area contributed by atoms with E-state index in [1.165, 1.54) is 12.1 Å². The summed E-state index contributed by atoms with van der Waals surface area (Å²) in [7, 11) is 0. The van der Waals surface area contributed by atoms with E-state index in [2.05, 4.69) is 10.6 Å². The van der Waals surface area contributed by atoms with E-state index in [9.17, 15) is 9.18 Å². The molecule has 1 aromatic rings. The second-order valence-corrected chi connectivity index (χ2v) is 3.11. The maximum atomic E-state index is 13.3. The van der Waals surface area contributed by atoms with Gasteiger partial charge in [0.05, 0.1) is 6.04 Å². The van der Waals surface area contributed by atoms with E-state index in [-0.39, 0.29) is 17.8 Å². The van der Waals surface area contributed by atoms with Crippen LogP contribution in [0.15, 0.2) is 18.2 Å². The number of amides is 2. The lowest BCUT2D eigenvalue weighted by molar-refractivity contribution is 0.247. The molecule has 1 aromatic carbocycles. The number of benzene rings is 1. The minimum Gasteiger partial charge on any atom is -0.508 e. The standard InChI is InChI=1S/C9H9FN2O2/c10-7-3-5(13)1-2-6(7)8-4-11-9(14)12-8/h1-3,8,13H,4H2,(H2,11,12,14)/t8-/m0/s1. The zero-order valence-electron chi connectivity index (χ0n) is 7.25. The van der Waals surface area contributed by atoms with Crippen LogP contribution in [0, 0.1) is 5.82 Å². The minimum atomic E-state index is -0.515. The van der Waals surface area contributed by atoms with Crippen LogP contribution in [-0.2, 0) is 0 Å². The third kappa shape index (κ3) is 1.48. The van der Waals surface area contributed by atoms with Gasteiger partial charge in [-0.25, -0.2) is 9.18 Å². The molecule has 1 aliphatic rings. The molecule has 74 valence electrons. The Labute approximate surface area is 79.7 Å². The van der Waals surface area contributed by atoms with Gasteiger partial charge in [-0.05, 0) is 6.07 Å². The Hall–Kier alpha value is -1.78. The average Bonchev–Trinajstić information content (AvgIpc) is 2.51. The molecule has 14 heavy (non-hydrogen) atoms. The molecule has 0 bridgehead atoms. The lowest BCUT2D eigenvalue weighted by Crippen LogP contribution is -2.22. The molecule has 1 saturated heterocycles. The maximum Gasteiger partial charge on any atom is 0.315 e. The molecular weight excluding hydrogens is 187 g/mol. The molecule has 4 nitrogen and oxygen atoms in total. The summed E-state index contributed by atoms with van der Waals surface area (Å²) in [6.07, 6.45) is 0. The van der Waals surface area contributed by atoms with Crippen LogP contribution in [0.1, 0.15) is 11.6 Å². The highest BCUT2D eigenvalue weighted by molar-refractivity contribution is 5.76. The molecule has 0 spiro atoms. The van der Waals surface area contributed by atoms with Crippen LogP contribution in [0.5, 0.6) is 5.75 Å². The monoisotopic (exact) mass is 196 g/mol. The topological polar surface area (TPSA) is 61.4 Å². The predicted octanol–water partition coefficient (Wildman–Crippen LogP) is 0.885. The summed E-state index contributed by atoms with van der Waals surface area (Å²) in [5.74, 6) is -0.637. The highest BCUT2D eigenvalue weighted by atomic mass is 19.1. The molecule has 2 amide bonds. The summed E-state index contributed by atoms with van der Waals surface area (Å²) in [5.41, 5.74) is 0.376. The fourth-order valence-electron chi connectivity index (χ4n) is 1.44. The molecular formula is C9H9FN2O2. The van der Waals surface area contributed by atoms with Gasteiger partial charge < -0.3 is 15.7 Å². The Balaban J connectivity index is 2.28. The molecule has 0 aromatic heterocycles. The number of hydrogen-bond donors (Lipinski definition) is 3. The fourth-order valence-corrected chi connectivity index (χ4v) is 1.44. The van der Waals surface area contributed by atoms with Gasteiger partial charge in [0.15, 0.2) is 0 Å². The third-order valence-corrected chi connectivity index (χ3v) is 2.13. The molecule has 1 atom stereocenters. The van der Waals surface area contributed by atoms with Crippen LogP contribution in [0.25, 0.3) is 0 Å². The van der Waals surface area contributed by atoms with Crippen LogP contribution in [0.3, 0.4) is 0 Å². The zero-order valence-corrected chi connectivity index (χ0v) is 7.25. The summed E-state index contributed by atoms with van der Waals surface area (Å²) in [4.78, 5) is 10.8. The SMILES string of the molecule is O=C1NC[C@@H](c2ccc(O)cc2F)N1. The molecule has 1 fully saturated rings. The van der Waals surface area contributed by atoms with E-state index in [4.69, 9.17) is 5.11 Å². The highest BCUT2D eigenvalue weighted by Crippen LogP contribution is 2.22. The van der Waals surface area contributed by atoms with Crippen molar-refractivity contribution in [3.63, 3.8) is 0 Å². The van der Waals surface area contributed by atoms with Crippen molar-refractivity contribution < 1.29 is 14.3 Å². The van der Waals surface area contributed by atoms with Gasteiger partial charge in [0, 0.05) is 18.2 Å². The van der Waals surface area contributed by atoms with Crippen molar-refractivity contribution in [2.24, 2.45) is 0 Å². The Morgan fingerprint density at radius 2 is 2.29 bits per heavy atom. The zero-order chi connectivity index (χ0) is 10.1. The van der Waals surface area contributed by atoms with Crippen molar-refractivity contribution in [2.75, 3.05) is 6.54 Å². The van der Waals surface area contributed by atoms with Crippen molar-refractivity contribution >= 4 is 6.03 Å². The van der Waals surface area contributed by atoms with Gasteiger partial charge in [0.25, 0.3) is 0 Å². The van der Waals surface area contributed by atoms with E-state index in [0.717, 1.165) is 6.07 Å². The highest BCUT2D eigenvalue weighted by Gasteiger charge is 2.23. The van der Waals surface area contributed by atoms with Crippen LogP contribution >= 0.6 is 0 Å². The Morgan fingerprint density at radius 1 is 1.50 bits per heavy atom. The lowest BCUT2D eigenvalue weighted by atomic mass is 10.1. The number of phenols is 1. The average molecular weight is 196 g/mol. The molecule has 0 radical (unpaired) electrons. The first-order chi connectivity index (χ1) is 6.66. The predicted molar refractivity (Wildman–Crippen MR) is 47.3 cm³/mol. The molecule has 1 aliphatic heterocycles. The number of halogens is 1. The van der Waals surface area contributed by atoms with Crippen molar-refractivity contribution in [3.05, 3.63) is 29.6 Å². The molecule has 3 N–H and O–H groups in total. The number of carbonyl (C=O) groups excluding carboxylic acids is 1. The van der Waals surface area contributed by atoms with E-state index in [1.807, 2.05) is 0 Å². The van der Waals surface area contributed by atoms with Crippen LogP contribution in [0.4, 0.5) is 9.18 Å². The first kappa shape index (κ1) is 8.80. The van der Waals surface area contributed by atoms with E-state index < -0.39 is 5.82 Å². The van der Waals surface area contributed by atoms with Gasteiger partial charge >= 0.3 is 6.03 Å². The Kier molecular flexibility index (Phi) is 1.99. The second-order valence-electron chi connectivity index (χ2n) is 3.11. The number of phenolic OH excluding ortho intramolecular Hbond substituents is 1. The summed E-state index contributed by atoms with van der Waals surface area (Å²) in [5, 5.41) is 14.1. The number of aromatic hydroxyl groups is 1. The lowest BCUT2D eigenvalue weighted by Gasteiger charge is -2.09. The normalized spacial score (nSPS) is 20.4. The number of carbonyl (C=O) groups is 1. The van der Waals surface area contributed by atoms with Crippen molar-refractivity contribution in [1.29, 1.82) is 0 Å². The molecule has 2 rings (SSSR count). The van der Waals surface area contributed by atoms with E-state index in [1.54, 1.807) is 0 Å². The van der Waals surface area contributed by atoms with Crippen LogP contribution in [0.2, 0.25) is 0 Å². The number of hydrogen-bond acceptors (Lipinski definition) is 2. The summed E-state index contributed by atoms with van der Waals surface area (Å²) in [6, 6.07) is 3.22. The van der Waals surface area contributed by atoms with Gasteiger partial charge in [-0.15, -0.1) is 0 Å². The van der Waals surface area contributed by atoms with Crippen LogP contribution < -0.4 is 10.6 Å². The fraction of sp³-hybridized carbons (Fsp3) is 0.222. The van der Waals surface area contributed by atoms with Crippen molar-refractivity contribution in [1.82, 2.24) is 10.6 Å². The molecule has 0 aliphatic carbocycles. The number of nitrogens with one attached hydrogen (secondary N) is 2. The molecule has 0 saturated carbocycles. The minimum absolute atomic E-state index is 0.122. The Morgan fingerprint density at radius 3 is 2.86 bits per heavy atom.